The van der Waals surface area contributed by atoms with Crippen molar-refractivity contribution in [3.05, 3.63) is 0 Å². The minimum Gasteiger partial charge on any atom is -0.465 e. The van der Waals surface area contributed by atoms with Crippen molar-refractivity contribution in [3.63, 3.8) is 0 Å². The normalized spacial score (nSPS) is 20.0. The molecule has 1 aliphatic rings. The van der Waals surface area contributed by atoms with Crippen molar-refractivity contribution in [1.29, 1.82) is 0 Å². The van der Waals surface area contributed by atoms with Crippen LogP contribution in [-0.2, 0) is 14.3 Å². The number of thioether (sulfide) groups is 1. The Morgan fingerprint density at radius 2 is 0.978 bits per heavy atom. The van der Waals surface area contributed by atoms with Crippen molar-refractivity contribution < 1.29 is 14.3 Å². The zero-order chi connectivity index (χ0) is 32.8. The molecule has 266 valence electrons. The summed E-state index contributed by atoms with van der Waals surface area (Å²) in [6, 6.07) is 0. The molecule has 4 unspecified atom stereocenters. The number of Topliss-reactive ketones (excluding diaryl/α,β-unsaturated/α-hetero) is 1. The number of carbonyl (C=O) groups is 2. The molecule has 0 aromatic rings. The van der Waals surface area contributed by atoms with Crippen molar-refractivity contribution in [3.8, 4) is 0 Å². The van der Waals surface area contributed by atoms with Gasteiger partial charge in [0.2, 0.25) is 0 Å². The molecule has 1 aliphatic carbocycles. The maximum Gasteiger partial charge on any atom is 0.305 e. The van der Waals surface area contributed by atoms with E-state index in [0.29, 0.717) is 18.8 Å². The number of carbonyl (C=O) groups excluding carboxylic acids is 2. The van der Waals surface area contributed by atoms with Crippen LogP contribution < -0.4 is 0 Å². The monoisotopic (exact) mass is 651 g/mol. The van der Waals surface area contributed by atoms with Gasteiger partial charge in [-0.15, -0.1) is 0 Å². The van der Waals surface area contributed by atoms with Crippen LogP contribution in [0.4, 0.5) is 0 Å². The third kappa shape index (κ3) is 23.5. The largest absolute Gasteiger partial charge is 0.465 e. The van der Waals surface area contributed by atoms with Gasteiger partial charge in [0.25, 0.3) is 0 Å². The van der Waals surface area contributed by atoms with E-state index in [-0.39, 0.29) is 5.97 Å². The molecule has 0 aromatic heterocycles. The van der Waals surface area contributed by atoms with Gasteiger partial charge < -0.3 is 9.53 Å². The number of unbranched alkanes of at least 4 members (excludes halogenated alkanes) is 16. The van der Waals surface area contributed by atoms with E-state index in [4.69, 9.17) is 4.74 Å². The van der Waals surface area contributed by atoms with Crippen LogP contribution in [0.2, 0.25) is 0 Å². The Hall–Kier alpha value is -0.510. The van der Waals surface area contributed by atoms with Gasteiger partial charge in [-0.3, -0.25) is 4.79 Å². The number of ketones is 1. The summed E-state index contributed by atoms with van der Waals surface area (Å²) in [4.78, 5) is 23.2. The predicted molar refractivity (Wildman–Crippen MR) is 199 cm³/mol. The van der Waals surface area contributed by atoms with Gasteiger partial charge in [0, 0.05) is 18.6 Å². The van der Waals surface area contributed by atoms with Gasteiger partial charge in [0.1, 0.15) is 12.4 Å². The number of hydrogen-bond acceptors (Lipinski definition) is 4. The molecule has 1 rings (SSSR count). The molecular formula is C41H78O3S. The Morgan fingerprint density at radius 1 is 0.556 bits per heavy atom. The summed E-state index contributed by atoms with van der Waals surface area (Å²) in [5, 5.41) is 0. The highest BCUT2D eigenvalue weighted by atomic mass is 32.2. The zero-order valence-electron chi connectivity index (χ0n) is 30.9. The van der Waals surface area contributed by atoms with Crippen LogP contribution in [0, 0.1) is 23.7 Å². The van der Waals surface area contributed by atoms with E-state index in [0.717, 1.165) is 54.4 Å². The van der Waals surface area contributed by atoms with Crippen molar-refractivity contribution in [2.45, 2.75) is 207 Å². The van der Waals surface area contributed by atoms with Gasteiger partial charge in [0.15, 0.2) is 0 Å². The minimum absolute atomic E-state index is 0.00254. The van der Waals surface area contributed by atoms with Crippen LogP contribution >= 0.6 is 11.8 Å². The van der Waals surface area contributed by atoms with Crippen LogP contribution in [0.15, 0.2) is 0 Å². The summed E-state index contributed by atoms with van der Waals surface area (Å²) < 4.78 is 5.36. The highest BCUT2D eigenvalue weighted by molar-refractivity contribution is 7.99. The Kier molecular flexibility index (Phi) is 29.1. The third-order valence-corrected chi connectivity index (χ3v) is 11.6. The number of rotatable bonds is 32. The van der Waals surface area contributed by atoms with Gasteiger partial charge in [-0.25, -0.2) is 0 Å². The predicted octanol–water partition coefficient (Wildman–Crippen LogP) is 13.3. The second kappa shape index (κ2) is 30.8. The first kappa shape index (κ1) is 42.5. The van der Waals surface area contributed by atoms with Crippen molar-refractivity contribution in [2.75, 3.05) is 18.1 Å². The summed E-state index contributed by atoms with van der Waals surface area (Å²) in [6.45, 7) is 9.13. The summed E-state index contributed by atoms with van der Waals surface area (Å²) in [5.41, 5.74) is 0. The van der Waals surface area contributed by atoms with E-state index in [9.17, 15) is 9.59 Å². The summed E-state index contributed by atoms with van der Waals surface area (Å²) in [6.07, 6.45) is 36.8. The van der Waals surface area contributed by atoms with Crippen LogP contribution in [-0.4, -0.2) is 29.9 Å². The maximum atomic E-state index is 11.9. The maximum absolute atomic E-state index is 11.9. The highest BCUT2D eigenvalue weighted by Gasteiger charge is 2.37. The molecule has 4 heteroatoms. The lowest BCUT2D eigenvalue weighted by Crippen LogP contribution is -2.35. The minimum atomic E-state index is -0.00254. The topological polar surface area (TPSA) is 43.4 Å². The van der Waals surface area contributed by atoms with E-state index in [2.05, 4.69) is 20.8 Å². The van der Waals surface area contributed by atoms with Crippen LogP contribution in [0.3, 0.4) is 0 Å². The van der Waals surface area contributed by atoms with Crippen molar-refractivity contribution in [2.24, 2.45) is 23.7 Å². The number of hydrogen-bond donors (Lipinski definition) is 0. The quantitative estimate of drug-likeness (QED) is 0.0537. The lowest BCUT2D eigenvalue weighted by atomic mass is 9.61. The van der Waals surface area contributed by atoms with Gasteiger partial charge in [-0.2, -0.15) is 11.8 Å². The van der Waals surface area contributed by atoms with Crippen LogP contribution in [0.25, 0.3) is 0 Å². The van der Waals surface area contributed by atoms with Gasteiger partial charge in [-0.1, -0.05) is 149 Å². The average Bonchev–Trinajstić information content (AvgIpc) is 3.03. The summed E-state index contributed by atoms with van der Waals surface area (Å²) >= 11 is 1.83. The fourth-order valence-electron chi connectivity index (χ4n) is 8.09. The van der Waals surface area contributed by atoms with E-state index in [1.807, 2.05) is 11.8 Å². The van der Waals surface area contributed by atoms with E-state index in [1.54, 1.807) is 6.92 Å². The summed E-state index contributed by atoms with van der Waals surface area (Å²) in [5.74, 6) is 6.20. The molecule has 0 N–H and O–H groups in total. The molecule has 0 saturated heterocycles. The average molecular weight is 651 g/mol. The molecule has 45 heavy (non-hydrogen) atoms. The molecule has 3 nitrogen and oxygen atoms in total. The van der Waals surface area contributed by atoms with E-state index >= 15 is 0 Å². The van der Waals surface area contributed by atoms with Gasteiger partial charge in [-0.05, 0) is 74.9 Å². The smallest absolute Gasteiger partial charge is 0.305 e. The molecule has 0 spiro atoms. The lowest BCUT2D eigenvalue weighted by Gasteiger charge is -2.44. The molecular weight excluding hydrogens is 573 g/mol. The molecule has 1 fully saturated rings. The van der Waals surface area contributed by atoms with E-state index < -0.39 is 0 Å². The van der Waals surface area contributed by atoms with Crippen LogP contribution in [0.1, 0.15) is 207 Å². The molecule has 4 atom stereocenters. The second-order valence-electron chi connectivity index (χ2n) is 14.6. The Balaban J connectivity index is 2.57. The Labute approximate surface area is 286 Å². The second-order valence-corrected chi connectivity index (χ2v) is 16.0. The fraction of sp³-hybridized carbons (Fsp3) is 0.951. The van der Waals surface area contributed by atoms with E-state index in [1.165, 1.54) is 154 Å². The lowest BCUT2D eigenvalue weighted by molar-refractivity contribution is -0.143. The first-order chi connectivity index (χ1) is 22.0. The van der Waals surface area contributed by atoms with Crippen LogP contribution in [0.5, 0.6) is 0 Å². The number of esters is 1. The fourth-order valence-corrected chi connectivity index (χ4v) is 8.58. The van der Waals surface area contributed by atoms with Crippen molar-refractivity contribution >= 4 is 23.5 Å². The van der Waals surface area contributed by atoms with Crippen molar-refractivity contribution in [1.82, 2.24) is 0 Å². The standard InChI is InChI=1S/C41H78O3S/c1-5-8-10-15-23-29-39-37(27-20-9-6-2)32-33-38(28-22-17-12-11-16-21-26-36(4)42)40(39)30-24-18-13-14-19-25-31-41(43)44-34-35-45-7-3/h37-40H,5-35H2,1-4H3. The molecule has 0 radical (unpaired) electrons. The van der Waals surface area contributed by atoms with Gasteiger partial charge in [0.05, 0.1) is 0 Å². The highest BCUT2D eigenvalue weighted by Crippen LogP contribution is 2.47. The van der Waals surface area contributed by atoms with Gasteiger partial charge >= 0.3 is 5.97 Å². The molecule has 0 amide bonds. The first-order valence-corrected chi connectivity index (χ1v) is 21.4. The molecule has 0 aromatic carbocycles. The molecule has 0 aliphatic heterocycles. The third-order valence-electron chi connectivity index (χ3n) is 10.7. The molecule has 1 saturated carbocycles. The Morgan fingerprint density at radius 3 is 1.49 bits per heavy atom. The number of ether oxygens (including phenoxy) is 1. The molecule has 0 heterocycles. The Bertz CT molecular complexity index is 680. The first-order valence-electron chi connectivity index (χ1n) is 20.3. The molecule has 0 bridgehead atoms. The SMILES string of the molecule is CCCCCCCC1C(CCCCC)CCC(CCCCCCCCC(C)=O)C1CCCCCCCCC(=O)OCCSCC. The summed E-state index contributed by atoms with van der Waals surface area (Å²) in [7, 11) is 0. The zero-order valence-corrected chi connectivity index (χ0v) is 31.7.